The average Bonchev–Trinajstić information content (AvgIpc) is 3.26. The van der Waals surface area contributed by atoms with Gasteiger partial charge in [-0.05, 0) is 45.4 Å². The zero-order valence-electron chi connectivity index (χ0n) is 17.6. The molecular formula is C21H22N4O4S2. The molecule has 31 heavy (non-hydrogen) atoms. The fourth-order valence-electron chi connectivity index (χ4n) is 2.99. The number of ether oxygens (including phenoxy) is 1. The van der Waals surface area contributed by atoms with Crippen molar-refractivity contribution in [2.24, 2.45) is 0 Å². The second-order valence-electron chi connectivity index (χ2n) is 6.57. The van der Waals surface area contributed by atoms with Crippen molar-refractivity contribution in [1.29, 1.82) is 0 Å². The predicted molar refractivity (Wildman–Crippen MR) is 120 cm³/mol. The van der Waals surface area contributed by atoms with E-state index in [0.717, 1.165) is 17.0 Å². The van der Waals surface area contributed by atoms with Gasteiger partial charge in [0, 0.05) is 5.69 Å². The molecular weight excluding hydrogens is 436 g/mol. The Labute approximate surface area is 188 Å². The molecule has 0 aliphatic heterocycles. The Balaban J connectivity index is 1.78. The van der Waals surface area contributed by atoms with E-state index < -0.39 is 5.97 Å². The van der Waals surface area contributed by atoms with E-state index in [-0.39, 0.29) is 29.6 Å². The van der Waals surface area contributed by atoms with Crippen LogP contribution in [0.3, 0.4) is 0 Å². The third-order valence-electron chi connectivity index (χ3n) is 4.34. The lowest BCUT2D eigenvalue weighted by Crippen LogP contribution is -2.17. The maximum absolute atomic E-state index is 12.6. The van der Waals surface area contributed by atoms with Gasteiger partial charge in [-0.15, -0.1) is 21.5 Å². The molecule has 3 rings (SSSR count). The van der Waals surface area contributed by atoms with Crippen molar-refractivity contribution in [3.63, 3.8) is 0 Å². The molecule has 0 saturated carbocycles. The van der Waals surface area contributed by atoms with Crippen molar-refractivity contribution in [3.05, 3.63) is 52.2 Å². The van der Waals surface area contributed by atoms with E-state index in [0.29, 0.717) is 26.4 Å². The third-order valence-corrected chi connectivity index (χ3v) is 6.58. The standard InChI is InChI=1S/C21H22N4O4S2/c1-5-29-20(28)17-12(2)18(13(3)26)31-19(17)22-16(27)11-30-21-24-23-14(4)25(21)15-9-7-6-8-10-15/h6-10H,5,11H2,1-4H3,(H,22,27). The van der Waals surface area contributed by atoms with Crippen LogP contribution in [0.15, 0.2) is 35.5 Å². The molecule has 2 heterocycles. The minimum absolute atomic E-state index is 0.0551. The smallest absolute Gasteiger partial charge is 0.341 e. The fourth-order valence-corrected chi connectivity index (χ4v) is 4.89. The molecule has 0 atom stereocenters. The molecule has 1 amide bonds. The van der Waals surface area contributed by atoms with Gasteiger partial charge in [-0.2, -0.15) is 0 Å². The number of nitrogens with zero attached hydrogens (tertiary/aromatic N) is 3. The lowest BCUT2D eigenvalue weighted by molar-refractivity contribution is -0.113. The number of rotatable bonds is 8. The summed E-state index contributed by atoms with van der Waals surface area (Å²) in [5.74, 6) is -0.300. The lowest BCUT2D eigenvalue weighted by Gasteiger charge is -2.09. The van der Waals surface area contributed by atoms with Crippen molar-refractivity contribution in [2.45, 2.75) is 32.9 Å². The van der Waals surface area contributed by atoms with Crippen LogP contribution in [0.25, 0.3) is 5.69 Å². The fraction of sp³-hybridized carbons (Fsp3) is 0.286. The van der Waals surface area contributed by atoms with Crippen molar-refractivity contribution < 1.29 is 19.1 Å². The van der Waals surface area contributed by atoms with Gasteiger partial charge in [0.15, 0.2) is 10.9 Å². The van der Waals surface area contributed by atoms with Crippen molar-refractivity contribution in [2.75, 3.05) is 17.7 Å². The summed E-state index contributed by atoms with van der Waals surface area (Å²) in [6.45, 7) is 6.84. The second kappa shape index (κ2) is 9.88. The van der Waals surface area contributed by atoms with E-state index in [2.05, 4.69) is 15.5 Å². The first-order chi connectivity index (χ1) is 14.8. The van der Waals surface area contributed by atoms with Crippen molar-refractivity contribution in [3.8, 4) is 5.69 Å². The van der Waals surface area contributed by atoms with Gasteiger partial charge in [-0.1, -0.05) is 30.0 Å². The number of carbonyl (C=O) groups is 3. The van der Waals surface area contributed by atoms with Crippen LogP contribution >= 0.6 is 23.1 Å². The summed E-state index contributed by atoms with van der Waals surface area (Å²) in [7, 11) is 0. The minimum Gasteiger partial charge on any atom is -0.462 e. The molecule has 0 aliphatic rings. The Hall–Kier alpha value is -2.98. The van der Waals surface area contributed by atoms with Gasteiger partial charge in [0.1, 0.15) is 10.8 Å². The molecule has 0 bridgehead atoms. The van der Waals surface area contributed by atoms with E-state index in [4.69, 9.17) is 4.74 Å². The molecule has 0 fully saturated rings. The molecule has 10 heteroatoms. The predicted octanol–water partition coefficient (Wildman–Crippen LogP) is 4.06. The summed E-state index contributed by atoms with van der Waals surface area (Å²) >= 11 is 2.31. The topological polar surface area (TPSA) is 103 Å². The van der Waals surface area contributed by atoms with Crippen LogP contribution in [-0.2, 0) is 9.53 Å². The van der Waals surface area contributed by atoms with Crippen molar-refractivity contribution >= 4 is 45.8 Å². The highest BCUT2D eigenvalue weighted by Crippen LogP contribution is 2.34. The number of Topliss-reactive ketones (excluding diaryl/α,β-unsaturated/α-hetero) is 1. The molecule has 8 nitrogen and oxygen atoms in total. The number of esters is 1. The number of aromatic nitrogens is 3. The number of ketones is 1. The molecule has 2 aromatic heterocycles. The van der Waals surface area contributed by atoms with E-state index in [9.17, 15) is 14.4 Å². The van der Waals surface area contributed by atoms with Gasteiger partial charge in [0.05, 0.1) is 22.8 Å². The summed E-state index contributed by atoms with van der Waals surface area (Å²) in [5, 5.41) is 11.9. The van der Waals surface area contributed by atoms with Gasteiger partial charge in [0.25, 0.3) is 0 Å². The molecule has 1 N–H and O–H groups in total. The van der Waals surface area contributed by atoms with Crippen LogP contribution in [0.5, 0.6) is 0 Å². The van der Waals surface area contributed by atoms with Gasteiger partial charge >= 0.3 is 5.97 Å². The number of anilines is 1. The normalized spacial score (nSPS) is 10.7. The highest BCUT2D eigenvalue weighted by atomic mass is 32.2. The monoisotopic (exact) mass is 458 g/mol. The number of aryl methyl sites for hydroxylation is 1. The number of thioether (sulfide) groups is 1. The van der Waals surface area contributed by atoms with Crippen LogP contribution in [0, 0.1) is 13.8 Å². The van der Waals surface area contributed by atoms with Crippen LogP contribution in [0.4, 0.5) is 5.00 Å². The van der Waals surface area contributed by atoms with Crippen molar-refractivity contribution in [1.82, 2.24) is 14.8 Å². The summed E-state index contributed by atoms with van der Waals surface area (Å²) in [6.07, 6.45) is 0. The van der Waals surface area contributed by atoms with E-state index in [1.165, 1.54) is 18.7 Å². The van der Waals surface area contributed by atoms with E-state index in [1.54, 1.807) is 13.8 Å². The van der Waals surface area contributed by atoms with Crippen LogP contribution in [0.2, 0.25) is 0 Å². The van der Waals surface area contributed by atoms with E-state index >= 15 is 0 Å². The molecule has 0 spiro atoms. The summed E-state index contributed by atoms with van der Waals surface area (Å²) < 4.78 is 6.97. The molecule has 162 valence electrons. The quantitative estimate of drug-likeness (QED) is 0.308. The minimum atomic E-state index is -0.564. The Morgan fingerprint density at radius 3 is 2.52 bits per heavy atom. The zero-order chi connectivity index (χ0) is 22.5. The maximum atomic E-state index is 12.6. The summed E-state index contributed by atoms with van der Waals surface area (Å²) in [5.41, 5.74) is 1.63. The highest BCUT2D eigenvalue weighted by molar-refractivity contribution is 7.99. The van der Waals surface area contributed by atoms with Gasteiger partial charge < -0.3 is 10.1 Å². The highest BCUT2D eigenvalue weighted by Gasteiger charge is 2.25. The molecule has 0 aliphatic carbocycles. The third kappa shape index (κ3) is 5.02. The number of amides is 1. The van der Waals surface area contributed by atoms with Gasteiger partial charge in [-0.25, -0.2) is 4.79 Å². The summed E-state index contributed by atoms with van der Waals surface area (Å²) in [6, 6.07) is 9.62. The largest absolute Gasteiger partial charge is 0.462 e. The number of carbonyl (C=O) groups excluding carboxylic acids is 3. The first kappa shape index (κ1) is 22.7. The lowest BCUT2D eigenvalue weighted by atomic mass is 10.1. The number of hydrogen-bond acceptors (Lipinski definition) is 8. The number of thiophene rings is 1. The van der Waals surface area contributed by atoms with Gasteiger partial charge in [-0.3, -0.25) is 14.2 Å². The molecule has 3 aromatic rings. The number of benzene rings is 1. The van der Waals surface area contributed by atoms with E-state index in [1.807, 2.05) is 41.8 Å². The SMILES string of the molecule is CCOC(=O)c1c(NC(=O)CSc2nnc(C)n2-c2ccccc2)sc(C(C)=O)c1C. The molecule has 0 saturated heterocycles. The molecule has 0 unspecified atom stereocenters. The molecule has 1 aromatic carbocycles. The molecule has 0 radical (unpaired) electrons. The van der Waals surface area contributed by atoms with Crippen LogP contribution in [-0.4, -0.2) is 44.8 Å². The van der Waals surface area contributed by atoms with Crippen LogP contribution < -0.4 is 5.32 Å². The average molecular weight is 459 g/mol. The Morgan fingerprint density at radius 1 is 1.16 bits per heavy atom. The first-order valence-corrected chi connectivity index (χ1v) is 11.3. The Morgan fingerprint density at radius 2 is 1.87 bits per heavy atom. The maximum Gasteiger partial charge on any atom is 0.341 e. The van der Waals surface area contributed by atoms with Gasteiger partial charge in [0.2, 0.25) is 5.91 Å². The number of hydrogen-bond donors (Lipinski definition) is 1. The first-order valence-electron chi connectivity index (χ1n) is 9.55. The summed E-state index contributed by atoms with van der Waals surface area (Å²) in [4.78, 5) is 37.4. The Kier molecular flexibility index (Phi) is 7.24. The van der Waals surface area contributed by atoms with Crippen LogP contribution in [0.1, 0.15) is 45.3 Å². The number of para-hydroxylation sites is 1. The Bertz CT molecular complexity index is 1120. The number of nitrogens with one attached hydrogen (secondary N) is 1. The zero-order valence-corrected chi connectivity index (χ0v) is 19.2. The second-order valence-corrected chi connectivity index (χ2v) is 8.54.